The normalized spacial score (nSPS) is 11.3. The van der Waals surface area contributed by atoms with Crippen LogP contribution in [0.15, 0.2) is 12.3 Å². The Morgan fingerprint density at radius 1 is 1.16 bits per heavy atom. The molecule has 0 aromatic carbocycles. The molecule has 0 atom stereocenters. The molecule has 0 saturated heterocycles. The molecule has 1 aromatic heterocycles. The van der Waals surface area contributed by atoms with Crippen LogP contribution in [0.5, 0.6) is 0 Å². The van der Waals surface area contributed by atoms with E-state index in [4.69, 9.17) is 17.3 Å². The van der Waals surface area contributed by atoms with E-state index in [1.54, 1.807) is 12.3 Å². The van der Waals surface area contributed by atoms with Crippen LogP contribution in [-0.2, 0) is 0 Å². The maximum absolute atomic E-state index is 6.27. The summed E-state index contributed by atoms with van der Waals surface area (Å²) in [6.07, 6.45) is 3.96. The molecule has 2 N–H and O–H groups in total. The van der Waals surface area contributed by atoms with Crippen LogP contribution in [0.4, 0.5) is 11.5 Å². The van der Waals surface area contributed by atoms with Gasteiger partial charge in [-0.05, 0) is 30.7 Å². The van der Waals surface area contributed by atoms with Gasteiger partial charge >= 0.3 is 0 Å². The van der Waals surface area contributed by atoms with Crippen LogP contribution in [0, 0.1) is 11.8 Å². The lowest BCUT2D eigenvalue weighted by molar-refractivity contribution is 0.533. The first kappa shape index (κ1) is 16.1. The molecule has 0 aliphatic heterocycles. The highest BCUT2D eigenvalue weighted by Gasteiger charge is 2.13. The zero-order valence-corrected chi connectivity index (χ0v) is 13.2. The highest BCUT2D eigenvalue weighted by atomic mass is 35.5. The summed E-state index contributed by atoms with van der Waals surface area (Å²) in [7, 11) is 0. The number of aromatic nitrogens is 1. The summed E-state index contributed by atoms with van der Waals surface area (Å²) in [4.78, 5) is 6.68. The molecule has 0 unspecified atom stereocenters. The van der Waals surface area contributed by atoms with E-state index >= 15 is 0 Å². The minimum Gasteiger partial charge on any atom is -0.397 e. The number of anilines is 2. The van der Waals surface area contributed by atoms with Gasteiger partial charge in [0.05, 0.1) is 16.9 Å². The van der Waals surface area contributed by atoms with Gasteiger partial charge in [0.25, 0.3) is 0 Å². The molecule has 0 fully saturated rings. The molecule has 1 rings (SSSR count). The molecule has 0 amide bonds. The van der Waals surface area contributed by atoms with Crippen molar-refractivity contribution in [2.24, 2.45) is 11.8 Å². The minimum absolute atomic E-state index is 0.612. The van der Waals surface area contributed by atoms with Gasteiger partial charge in [-0.2, -0.15) is 0 Å². The van der Waals surface area contributed by atoms with Crippen molar-refractivity contribution >= 4 is 23.1 Å². The van der Waals surface area contributed by atoms with Gasteiger partial charge in [-0.3, -0.25) is 0 Å². The summed E-state index contributed by atoms with van der Waals surface area (Å²) in [5.41, 5.74) is 6.32. The predicted molar refractivity (Wildman–Crippen MR) is 84.8 cm³/mol. The molecule has 19 heavy (non-hydrogen) atoms. The van der Waals surface area contributed by atoms with Crippen molar-refractivity contribution in [1.29, 1.82) is 0 Å². The van der Waals surface area contributed by atoms with E-state index in [9.17, 15) is 0 Å². The van der Waals surface area contributed by atoms with Gasteiger partial charge in [-0.15, -0.1) is 0 Å². The molecule has 0 aliphatic rings. The monoisotopic (exact) mass is 283 g/mol. The van der Waals surface area contributed by atoms with E-state index in [0.717, 1.165) is 31.7 Å². The molecule has 0 spiro atoms. The van der Waals surface area contributed by atoms with E-state index in [2.05, 4.69) is 37.6 Å². The number of rotatable bonds is 7. The molecule has 0 bridgehead atoms. The SMILES string of the molecule is CC(C)CCN(CCC(C)C)c1ncc(N)cc1Cl. The lowest BCUT2D eigenvalue weighted by atomic mass is 10.1. The number of nitrogens with zero attached hydrogens (tertiary/aromatic N) is 2. The third-order valence-corrected chi connectivity index (χ3v) is 3.37. The molecule has 0 aliphatic carbocycles. The number of nitrogens with two attached hydrogens (primary N) is 1. The Kier molecular flexibility index (Phi) is 6.43. The summed E-state index contributed by atoms with van der Waals surface area (Å²) in [6.45, 7) is 10.9. The van der Waals surface area contributed by atoms with Crippen LogP contribution in [0.25, 0.3) is 0 Å². The van der Waals surface area contributed by atoms with E-state index in [0.29, 0.717) is 22.5 Å². The predicted octanol–water partition coefficient (Wildman–Crippen LogP) is 4.22. The third-order valence-electron chi connectivity index (χ3n) is 3.10. The van der Waals surface area contributed by atoms with Crippen molar-refractivity contribution in [2.75, 3.05) is 23.7 Å². The Hall–Kier alpha value is -0.960. The molecule has 0 saturated carbocycles. The van der Waals surface area contributed by atoms with Crippen LogP contribution in [0.3, 0.4) is 0 Å². The van der Waals surface area contributed by atoms with E-state index in [1.807, 2.05) is 0 Å². The van der Waals surface area contributed by atoms with Gasteiger partial charge in [0.15, 0.2) is 0 Å². The lowest BCUT2D eigenvalue weighted by Gasteiger charge is -2.26. The molecular weight excluding hydrogens is 258 g/mol. The van der Waals surface area contributed by atoms with Crippen molar-refractivity contribution in [2.45, 2.75) is 40.5 Å². The van der Waals surface area contributed by atoms with Gasteiger partial charge in [-0.25, -0.2) is 4.98 Å². The smallest absolute Gasteiger partial charge is 0.147 e. The van der Waals surface area contributed by atoms with Crippen molar-refractivity contribution < 1.29 is 0 Å². The van der Waals surface area contributed by atoms with E-state index < -0.39 is 0 Å². The fraction of sp³-hybridized carbons (Fsp3) is 0.667. The summed E-state index contributed by atoms with van der Waals surface area (Å²) in [5, 5.41) is 0.646. The van der Waals surface area contributed by atoms with Gasteiger partial charge in [-0.1, -0.05) is 39.3 Å². The molecule has 3 nitrogen and oxygen atoms in total. The Morgan fingerprint density at radius 3 is 2.11 bits per heavy atom. The molecule has 108 valence electrons. The number of nitrogen functional groups attached to an aromatic ring is 1. The number of hydrogen-bond acceptors (Lipinski definition) is 3. The molecule has 1 aromatic rings. The summed E-state index contributed by atoms with van der Waals surface area (Å²) >= 11 is 6.27. The zero-order valence-electron chi connectivity index (χ0n) is 12.5. The Labute approximate surface area is 122 Å². The maximum atomic E-state index is 6.27. The Bertz CT molecular complexity index is 379. The standard InChI is InChI=1S/C15H26ClN3/c1-11(2)5-7-19(8-6-12(3)4)15-14(16)9-13(17)10-18-15/h9-12H,5-8,17H2,1-4H3. The summed E-state index contributed by atoms with van der Waals surface area (Å²) in [6, 6.07) is 1.78. The topological polar surface area (TPSA) is 42.2 Å². The second-order valence-corrected chi connectivity index (χ2v) is 6.33. The average Bonchev–Trinajstić information content (AvgIpc) is 2.30. The zero-order chi connectivity index (χ0) is 14.4. The first-order valence-electron chi connectivity index (χ1n) is 7.06. The van der Waals surface area contributed by atoms with Crippen LogP contribution in [0.1, 0.15) is 40.5 Å². The van der Waals surface area contributed by atoms with Crippen molar-refractivity contribution in [3.8, 4) is 0 Å². The summed E-state index contributed by atoms with van der Waals surface area (Å²) < 4.78 is 0. The molecule has 4 heteroatoms. The highest BCUT2D eigenvalue weighted by Crippen LogP contribution is 2.26. The Balaban J connectivity index is 2.81. The van der Waals surface area contributed by atoms with Crippen molar-refractivity contribution in [3.05, 3.63) is 17.3 Å². The fourth-order valence-electron chi connectivity index (χ4n) is 1.83. The second-order valence-electron chi connectivity index (χ2n) is 5.93. The largest absolute Gasteiger partial charge is 0.397 e. The number of pyridine rings is 1. The van der Waals surface area contributed by atoms with Crippen LogP contribution < -0.4 is 10.6 Å². The van der Waals surface area contributed by atoms with Gasteiger partial charge < -0.3 is 10.6 Å². The molecular formula is C15H26ClN3. The summed E-state index contributed by atoms with van der Waals surface area (Å²) in [5.74, 6) is 2.21. The number of halogens is 1. The van der Waals surface area contributed by atoms with Crippen molar-refractivity contribution in [3.63, 3.8) is 0 Å². The average molecular weight is 284 g/mol. The maximum Gasteiger partial charge on any atom is 0.147 e. The first-order chi connectivity index (χ1) is 8.90. The minimum atomic E-state index is 0.612. The van der Waals surface area contributed by atoms with Gasteiger partial charge in [0, 0.05) is 13.1 Å². The van der Waals surface area contributed by atoms with E-state index in [1.165, 1.54) is 0 Å². The molecule has 1 heterocycles. The van der Waals surface area contributed by atoms with Crippen LogP contribution in [0.2, 0.25) is 5.02 Å². The number of hydrogen-bond donors (Lipinski definition) is 1. The molecule has 0 radical (unpaired) electrons. The second kappa shape index (κ2) is 7.59. The quantitative estimate of drug-likeness (QED) is 0.815. The lowest BCUT2D eigenvalue weighted by Crippen LogP contribution is -2.28. The Morgan fingerprint density at radius 2 is 1.68 bits per heavy atom. The third kappa shape index (κ3) is 5.68. The van der Waals surface area contributed by atoms with Crippen molar-refractivity contribution in [1.82, 2.24) is 4.98 Å². The highest BCUT2D eigenvalue weighted by molar-refractivity contribution is 6.33. The van der Waals surface area contributed by atoms with Gasteiger partial charge in [0.2, 0.25) is 0 Å². The fourth-order valence-corrected chi connectivity index (χ4v) is 2.12. The van der Waals surface area contributed by atoms with E-state index in [-0.39, 0.29) is 0 Å². The van der Waals surface area contributed by atoms with Crippen LogP contribution >= 0.6 is 11.6 Å². The van der Waals surface area contributed by atoms with Crippen LogP contribution in [-0.4, -0.2) is 18.1 Å². The first-order valence-corrected chi connectivity index (χ1v) is 7.44. The van der Waals surface area contributed by atoms with Gasteiger partial charge in [0.1, 0.15) is 5.82 Å².